The number of urea groups is 1. The van der Waals surface area contributed by atoms with Crippen molar-refractivity contribution in [2.75, 3.05) is 18.4 Å². The van der Waals surface area contributed by atoms with Gasteiger partial charge in [0, 0.05) is 19.1 Å². The second-order valence-corrected chi connectivity index (χ2v) is 4.40. The van der Waals surface area contributed by atoms with E-state index in [4.69, 9.17) is 11.0 Å². The van der Waals surface area contributed by atoms with Gasteiger partial charge in [-0.3, -0.25) is 0 Å². The van der Waals surface area contributed by atoms with E-state index in [0.717, 1.165) is 18.5 Å². The van der Waals surface area contributed by atoms with Gasteiger partial charge in [-0.1, -0.05) is 12.1 Å². The SMILES string of the molecule is N#Cc1ccccc1NC1CCN(C(N)=O)CC1. The van der Waals surface area contributed by atoms with Crippen LogP contribution >= 0.6 is 0 Å². The van der Waals surface area contributed by atoms with Crippen LogP contribution in [0.25, 0.3) is 0 Å². The molecule has 5 nitrogen and oxygen atoms in total. The van der Waals surface area contributed by atoms with Crippen LogP contribution in [0.5, 0.6) is 0 Å². The highest BCUT2D eigenvalue weighted by Gasteiger charge is 2.21. The van der Waals surface area contributed by atoms with Crippen molar-refractivity contribution in [2.45, 2.75) is 18.9 Å². The van der Waals surface area contributed by atoms with Crippen LogP contribution in [-0.2, 0) is 0 Å². The van der Waals surface area contributed by atoms with E-state index in [9.17, 15) is 4.79 Å². The number of para-hydroxylation sites is 1. The molecule has 1 aromatic rings. The molecule has 5 heteroatoms. The standard InChI is InChI=1S/C13H16N4O/c14-9-10-3-1-2-4-12(10)16-11-5-7-17(8-6-11)13(15)18/h1-4,11,16H,5-8H2,(H2,15,18). The summed E-state index contributed by atoms with van der Waals surface area (Å²) in [5.74, 6) is 0. The largest absolute Gasteiger partial charge is 0.381 e. The van der Waals surface area contributed by atoms with Crippen molar-refractivity contribution >= 4 is 11.7 Å². The molecule has 0 bridgehead atoms. The highest BCUT2D eigenvalue weighted by Crippen LogP contribution is 2.19. The lowest BCUT2D eigenvalue weighted by Crippen LogP contribution is -2.44. The second kappa shape index (κ2) is 5.41. The number of nitriles is 1. The van der Waals surface area contributed by atoms with E-state index < -0.39 is 0 Å². The smallest absolute Gasteiger partial charge is 0.314 e. The average molecular weight is 244 g/mol. The third-order valence-electron chi connectivity index (χ3n) is 3.21. The van der Waals surface area contributed by atoms with Crippen LogP contribution < -0.4 is 11.1 Å². The van der Waals surface area contributed by atoms with E-state index in [2.05, 4.69) is 11.4 Å². The van der Waals surface area contributed by atoms with Crippen LogP contribution in [0, 0.1) is 11.3 Å². The first-order chi connectivity index (χ1) is 8.70. The first kappa shape index (κ1) is 12.2. The van der Waals surface area contributed by atoms with Gasteiger partial charge in [0.1, 0.15) is 6.07 Å². The molecule has 2 amide bonds. The normalized spacial score (nSPS) is 16.1. The summed E-state index contributed by atoms with van der Waals surface area (Å²) in [5, 5.41) is 12.4. The Labute approximate surface area is 106 Å². The number of nitrogens with one attached hydrogen (secondary N) is 1. The van der Waals surface area contributed by atoms with Gasteiger partial charge in [0.05, 0.1) is 11.3 Å². The van der Waals surface area contributed by atoms with Crippen molar-refractivity contribution in [2.24, 2.45) is 5.73 Å². The summed E-state index contributed by atoms with van der Waals surface area (Å²) in [5.41, 5.74) is 6.74. The average Bonchev–Trinajstić information content (AvgIpc) is 2.40. The minimum absolute atomic E-state index is 0.287. The zero-order chi connectivity index (χ0) is 13.0. The van der Waals surface area contributed by atoms with Crippen molar-refractivity contribution in [1.29, 1.82) is 5.26 Å². The number of amides is 2. The molecule has 0 radical (unpaired) electrons. The molecule has 94 valence electrons. The lowest BCUT2D eigenvalue weighted by molar-refractivity contribution is 0.193. The predicted molar refractivity (Wildman–Crippen MR) is 69.0 cm³/mol. The number of carbonyl (C=O) groups is 1. The Hall–Kier alpha value is -2.22. The number of carbonyl (C=O) groups excluding carboxylic acids is 1. The number of piperidine rings is 1. The molecule has 1 aliphatic rings. The number of likely N-dealkylation sites (tertiary alicyclic amines) is 1. The molecule has 1 fully saturated rings. The number of nitrogens with zero attached hydrogens (tertiary/aromatic N) is 2. The molecule has 3 N–H and O–H groups in total. The van der Waals surface area contributed by atoms with Crippen molar-refractivity contribution in [1.82, 2.24) is 4.90 Å². The summed E-state index contributed by atoms with van der Waals surface area (Å²) in [6, 6.07) is 9.54. The molecule has 0 aromatic heterocycles. The molecule has 1 aromatic carbocycles. The fourth-order valence-electron chi connectivity index (χ4n) is 2.17. The first-order valence-electron chi connectivity index (χ1n) is 6.00. The number of hydrogen-bond acceptors (Lipinski definition) is 3. The summed E-state index contributed by atoms with van der Waals surface area (Å²) in [4.78, 5) is 12.7. The van der Waals surface area contributed by atoms with Gasteiger partial charge in [-0.05, 0) is 25.0 Å². The van der Waals surface area contributed by atoms with Crippen molar-refractivity contribution in [3.8, 4) is 6.07 Å². The molecule has 1 saturated heterocycles. The van der Waals surface area contributed by atoms with Crippen LogP contribution in [0.2, 0.25) is 0 Å². The van der Waals surface area contributed by atoms with Crippen LogP contribution in [0.3, 0.4) is 0 Å². The molecular weight excluding hydrogens is 228 g/mol. The molecule has 0 spiro atoms. The van der Waals surface area contributed by atoms with Crippen molar-refractivity contribution in [3.05, 3.63) is 29.8 Å². The van der Waals surface area contributed by atoms with Crippen molar-refractivity contribution in [3.63, 3.8) is 0 Å². The fourth-order valence-corrected chi connectivity index (χ4v) is 2.17. The summed E-state index contributed by atoms with van der Waals surface area (Å²) < 4.78 is 0. The molecule has 0 saturated carbocycles. The lowest BCUT2D eigenvalue weighted by Gasteiger charge is -2.31. The Bertz CT molecular complexity index is 472. The summed E-state index contributed by atoms with van der Waals surface area (Å²) >= 11 is 0. The Morgan fingerprint density at radius 3 is 2.67 bits per heavy atom. The monoisotopic (exact) mass is 244 g/mol. The van der Waals surface area contributed by atoms with E-state index >= 15 is 0 Å². The highest BCUT2D eigenvalue weighted by molar-refractivity contribution is 5.72. The number of primary amides is 1. The van der Waals surface area contributed by atoms with Gasteiger partial charge in [-0.2, -0.15) is 5.26 Å². The van der Waals surface area contributed by atoms with Crippen molar-refractivity contribution < 1.29 is 4.79 Å². The number of anilines is 1. The number of nitrogens with two attached hydrogens (primary N) is 1. The maximum absolute atomic E-state index is 11.0. The summed E-state index contributed by atoms with van der Waals surface area (Å²) in [7, 11) is 0. The van der Waals surface area contributed by atoms with E-state index in [-0.39, 0.29) is 12.1 Å². The van der Waals surface area contributed by atoms with E-state index in [0.29, 0.717) is 18.7 Å². The molecule has 0 atom stereocenters. The molecule has 18 heavy (non-hydrogen) atoms. The third-order valence-corrected chi connectivity index (χ3v) is 3.21. The Kier molecular flexibility index (Phi) is 3.68. The van der Waals surface area contributed by atoms with Gasteiger partial charge in [0.15, 0.2) is 0 Å². The van der Waals surface area contributed by atoms with E-state index in [1.165, 1.54) is 0 Å². The zero-order valence-electron chi connectivity index (χ0n) is 10.1. The molecular formula is C13H16N4O. The highest BCUT2D eigenvalue weighted by atomic mass is 16.2. The van der Waals surface area contributed by atoms with Gasteiger partial charge in [0.2, 0.25) is 0 Å². The maximum atomic E-state index is 11.0. The Balaban J connectivity index is 1.96. The molecule has 0 unspecified atom stereocenters. The van der Waals surface area contributed by atoms with Gasteiger partial charge in [-0.25, -0.2) is 4.79 Å². The van der Waals surface area contributed by atoms with Crippen LogP contribution in [0.15, 0.2) is 24.3 Å². The fraction of sp³-hybridized carbons (Fsp3) is 0.385. The lowest BCUT2D eigenvalue weighted by atomic mass is 10.0. The molecule has 1 aliphatic heterocycles. The molecule has 0 aliphatic carbocycles. The minimum Gasteiger partial charge on any atom is -0.381 e. The number of hydrogen-bond donors (Lipinski definition) is 2. The second-order valence-electron chi connectivity index (χ2n) is 4.40. The van der Waals surface area contributed by atoms with Gasteiger partial charge < -0.3 is 16.0 Å². The number of rotatable bonds is 2. The van der Waals surface area contributed by atoms with Gasteiger partial charge >= 0.3 is 6.03 Å². The summed E-state index contributed by atoms with van der Waals surface area (Å²) in [6.45, 7) is 1.34. The minimum atomic E-state index is -0.356. The topological polar surface area (TPSA) is 82.2 Å². The van der Waals surface area contributed by atoms with Crippen LogP contribution in [0.4, 0.5) is 10.5 Å². The quantitative estimate of drug-likeness (QED) is 0.827. The van der Waals surface area contributed by atoms with Gasteiger partial charge in [-0.15, -0.1) is 0 Å². The molecule has 2 rings (SSSR count). The molecule has 1 heterocycles. The Morgan fingerprint density at radius 1 is 1.39 bits per heavy atom. The predicted octanol–water partition coefficient (Wildman–Crippen LogP) is 1.51. The van der Waals surface area contributed by atoms with Crippen LogP contribution in [0.1, 0.15) is 18.4 Å². The zero-order valence-corrected chi connectivity index (χ0v) is 10.1. The third kappa shape index (κ3) is 2.72. The van der Waals surface area contributed by atoms with E-state index in [1.807, 2.05) is 18.2 Å². The first-order valence-corrected chi connectivity index (χ1v) is 6.00. The van der Waals surface area contributed by atoms with E-state index in [1.54, 1.807) is 11.0 Å². The number of benzene rings is 1. The van der Waals surface area contributed by atoms with Crippen LogP contribution in [-0.4, -0.2) is 30.1 Å². The summed E-state index contributed by atoms with van der Waals surface area (Å²) in [6.07, 6.45) is 1.70. The Morgan fingerprint density at radius 2 is 2.06 bits per heavy atom. The maximum Gasteiger partial charge on any atom is 0.314 e. The van der Waals surface area contributed by atoms with Gasteiger partial charge in [0.25, 0.3) is 0 Å².